The number of carboxylic acid groups (broad SMARTS) is 2. The second-order valence-electron chi connectivity index (χ2n) is 9.86. The summed E-state index contributed by atoms with van der Waals surface area (Å²) in [6.45, 7) is 14.8. The third kappa shape index (κ3) is 4.59. The molecule has 0 aliphatic carbocycles. The Balaban J connectivity index is 3.53. The maximum atomic E-state index is 12.5. The number of carboxylic acids is 2. The molecule has 1 aliphatic rings. The minimum atomic E-state index is -1.75. The highest BCUT2D eigenvalue weighted by Gasteiger charge is 2.67. The average molecular weight is 401 g/mol. The van der Waals surface area contributed by atoms with Crippen LogP contribution < -0.4 is 5.32 Å². The molecule has 1 saturated heterocycles. The van der Waals surface area contributed by atoms with Crippen LogP contribution in [0.3, 0.4) is 0 Å². The molecule has 3 atom stereocenters. The highest BCUT2D eigenvalue weighted by atomic mass is 16.6. The molecule has 0 saturated carbocycles. The summed E-state index contributed by atoms with van der Waals surface area (Å²) in [5.41, 5.74) is -4.20. The molecule has 1 amide bonds. The summed E-state index contributed by atoms with van der Waals surface area (Å²) >= 11 is 0. The lowest BCUT2D eigenvalue weighted by Crippen LogP contribution is -2.63. The molecule has 3 N–H and O–H groups in total. The van der Waals surface area contributed by atoms with Crippen LogP contribution in [0.5, 0.6) is 0 Å². The van der Waals surface area contributed by atoms with Crippen molar-refractivity contribution in [2.24, 2.45) is 11.3 Å². The van der Waals surface area contributed by atoms with Crippen LogP contribution in [0.4, 0.5) is 4.79 Å². The molecule has 0 aromatic rings. The first-order valence-electron chi connectivity index (χ1n) is 9.78. The van der Waals surface area contributed by atoms with Crippen molar-refractivity contribution in [1.29, 1.82) is 0 Å². The Labute approximate surface area is 167 Å². The van der Waals surface area contributed by atoms with Gasteiger partial charge in [0.15, 0.2) is 5.54 Å². The van der Waals surface area contributed by atoms with Crippen LogP contribution in [-0.2, 0) is 14.3 Å². The van der Waals surface area contributed by atoms with Gasteiger partial charge in [-0.25, -0.2) is 9.59 Å². The summed E-state index contributed by atoms with van der Waals surface area (Å²) in [5, 5.41) is 22.9. The van der Waals surface area contributed by atoms with Gasteiger partial charge < -0.3 is 20.3 Å². The zero-order valence-corrected chi connectivity index (χ0v) is 18.4. The van der Waals surface area contributed by atoms with Gasteiger partial charge in [-0.15, -0.1) is 0 Å². The summed E-state index contributed by atoms with van der Waals surface area (Å²) in [6.07, 6.45) is -0.355. The van der Waals surface area contributed by atoms with Gasteiger partial charge in [0.25, 0.3) is 0 Å². The topological polar surface area (TPSA) is 116 Å². The molecule has 0 spiro atoms. The van der Waals surface area contributed by atoms with Crippen molar-refractivity contribution in [2.75, 3.05) is 13.1 Å². The van der Waals surface area contributed by atoms with Crippen LogP contribution in [0.2, 0.25) is 0 Å². The van der Waals surface area contributed by atoms with Gasteiger partial charge in [-0.05, 0) is 39.0 Å². The van der Waals surface area contributed by atoms with Crippen molar-refractivity contribution >= 4 is 18.0 Å². The van der Waals surface area contributed by atoms with Crippen LogP contribution in [0, 0.1) is 11.3 Å². The largest absolute Gasteiger partial charge is 0.480 e. The Morgan fingerprint density at radius 2 is 1.61 bits per heavy atom. The van der Waals surface area contributed by atoms with Gasteiger partial charge in [0.05, 0.1) is 0 Å². The number of alkyl carbamates (subject to hydrolysis) is 1. The second-order valence-corrected chi connectivity index (χ2v) is 9.86. The molecule has 28 heavy (non-hydrogen) atoms. The molecule has 0 aromatic heterocycles. The Morgan fingerprint density at radius 3 is 1.93 bits per heavy atom. The minimum absolute atomic E-state index is 0.0997. The van der Waals surface area contributed by atoms with E-state index in [1.54, 1.807) is 39.5 Å². The molecule has 0 bridgehead atoms. The van der Waals surface area contributed by atoms with E-state index in [0.717, 1.165) is 0 Å². The summed E-state index contributed by atoms with van der Waals surface area (Å²) in [6, 6.07) is 0. The zero-order valence-electron chi connectivity index (χ0n) is 18.4. The van der Waals surface area contributed by atoms with Gasteiger partial charge in [0.2, 0.25) is 0 Å². The standard InChI is InChI=1S/C20H36N2O6/c1-9-13-19(14(23)24,21-16(27)28-18(6,7)8)12-22(11-17(3,4)5)20(13,10-2)15(25)26/h13H,9-12H2,1-8H3,(H,21,27)(H,23,24)(H,25,26)/t13?,19-,20+/m0/s1. The number of nitrogens with one attached hydrogen (secondary N) is 1. The van der Waals surface area contributed by atoms with Crippen molar-refractivity contribution in [3.8, 4) is 0 Å². The van der Waals surface area contributed by atoms with Gasteiger partial charge in [0.1, 0.15) is 11.1 Å². The molecule has 8 heteroatoms. The van der Waals surface area contributed by atoms with Crippen molar-refractivity contribution < 1.29 is 29.3 Å². The second kappa shape index (κ2) is 7.89. The van der Waals surface area contributed by atoms with Crippen LogP contribution in [0.1, 0.15) is 68.2 Å². The molecular weight excluding hydrogens is 364 g/mol. The van der Waals surface area contributed by atoms with E-state index in [0.29, 0.717) is 6.54 Å². The number of amides is 1. The van der Waals surface area contributed by atoms with Crippen molar-refractivity contribution in [2.45, 2.75) is 84.9 Å². The zero-order chi connectivity index (χ0) is 22.1. The van der Waals surface area contributed by atoms with E-state index in [2.05, 4.69) is 5.32 Å². The number of likely N-dealkylation sites (tertiary alicyclic amines) is 1. The summed E-state index contributed by atoms with van der Waals surface area (Å²) in [7, 11) is 0. The van der Waals surface area contributed by atoms with Crippen molar-refractivity contribution in [1.82, 2.24) is 10.2 Å². The molecule has 1 unspecified atom stereocenters. The fourth-order valence-corrected chi connectivity index (χ4v) is 4.42. The van der Waals surface area contributed by atoms with E-state index in [4.69, 9.17) is 4.74 Å². The SMILES string of the molecule is CCC1[C@](CC)(C(=O)O)N(CC(C)(C)C)C[C@@]1(NC(=O)OC(C)(C)C)C(=O)O. The van der Waals surface area contributed by atoms with Crippen LogP contribution in [-0.4, -0.2) is 62.9 Å². The molecule has 1 aliphatic heterocycles. The lowest BCUT2D eigenvalue weighted by molar-refractivity contribution is -0.155. The number of carbonyl (C=O) groups is 3. The van der Waals surface area contributed by atoms with Crippen LogP contribution in [0.25, 0.3) is 0 Å². The van der Waals surface area contributed by atoms with Crippen molar-refractivity contribution in [3.05, 3.63) is 0 Å². The fourth-order valence-electron chi connectivity index (χ4n) is 4.42. The molecule has 0 aromatic carbocycles. The first kappa shape index (κ1) is 24.2. The van der Waals surface area contributed by atoms with Crippen LogP contribution in [0.15, 0.2) is 0 Å². The van der Waals surface area contributed by atoms with E-state index in [1.807, 2.05) is 20.8 Å². The van der Waals surface area contributed by atoms with Gasteiger partial charge in [-0.2, -0.15) is 0 Å². The Bertz CT molecular complexity index is 621. The Hall–Kier alpha value is -1.83. The summed E-state index contributed by atoms with van der Waals surface area (Å²) in [5.74, 6) is -3.14. The number of hydrogen-bond acceptors (Lipinski definition) is 5. The highest BCUT2D eigenvalue weighted by molar-refractivity contribution is 5.90. The van der Waals surface area contributed by atoms with Gasteiger partial charge in [-0.3, -0.25) is 9.69 Å². The first-order valence-corrected chi connectivity index (χ1v) is 9.78. The number of carbonyl (C=O) groups excluding carboxylic acids is 1. The molecule has 0 radical (unpaired) electrons. The molecule has 1 rings (SSSR count). The summed E-state index contributed by atoms with van der Waals surface area (Å²) in [4.78, 5) is 39.1. The Kier molecular flexibility index (Phi) is 6.82. The molecule has 162 valence electrons. The van der Waals surface area contributed by atoms with E-state index in [1.165, 1.54) is 0 Å². The fraction of sp³-hybridized carbons (Fsp3) is 0.850. The average Bonchev–Trinajstić information content (AvgIpc) is 2.73. The molecule has 8 nitrogen and oxygen atoms in total. The van der Waals surface area contributed by atoms with Crippen LogP contribution >= 0.6 is 0 Å². The van der Waals surface area contributed by atoms with Gasteiger partial charge in [-0.1, -0.05) is 34.6 Å². The quantitative estimate of drug-likeness (QED) is 0.627. The predicted octanol–water partition coefficient (Wildman–Crippen LogP) is 2.96. The van der Waals surface area contributed by atoms with Gasteiger partial charge in [0, 0.05) is 19.0 Å². The number of nitrogens with zero attached hydrogens (tertiary/aromatic N) is 1. The maximum absolute atomic E-state index is 12.5. The molecule has 1 fully saturated rings. The predicted molar refractivity (Wildman–Crippen MR) is 105 cm³/mol. The van der Waals surface area contributed by atoms with E-state index < -0.39 is 40.6 Å². The van der Waals surface area contributed by atoms with Crippen molar-refractivity contribution in [3.63, 3.8) is 0 Å². The maximum Gasteiger partial charge on any atom is 0.408 e. The van der Waals surface area contributed by atoms with Gasteiger partial charge >= 0.3 is 18.0 Å². The van der Waals surface area contributed by atoms with E-state index in [9.17, 15) is 24.6 Å². The van der Waals surface area contributed by atoms with E-state index in [-0.39, 0.29) is 24.8 Å². The first-order chi connectivity index (χ1) is 12.6. The number of aliphatic carboxylic acids is 2. The third-order valence-corrected chi connectivity index (χ3v) is 5.26. The lowest BCUT2D eigenvalue weighted by Gasteiger charge is -2.41. The number of hydrogen-bond donors (Lipinski definition) is 3. The molecule has 1 heterocycles. The number of ether oxygens (including phenoxy) is 1. The third-order valence-electron chi connectivity index (χ3n) is 5.26. The number of rotatable bonds is 6. The minimum Gasteiger partial charge on any atom is -0.480 e. The Morgan fingerprint density at radius 1 is 1.07 bits per heavy atom. The monoisotopic (exact) mass is 400 g/mol. The van der Waals surface area contributed by atoms with E-state index >= 15 is 0 Å². The lowest BCUT2D eigenvalue weighted by atomic mass is 9.72. The smallest absolute Gasteiger partial charge is 0.408 e. The molecular formula is C20H36N2O6. The highest BCUT2D eigenvalue weighted by Crippen LogP contribution is 2.47. The summed E-state index contributed by atoms with van der Waals surface area (Å²) < 4.78 is 5.29. The normalized spacial score (nSPS) is 28.8.